The van der Waals surface area contributed by atoms with E-state index in [0.29, 0.717) is 11.6 Å². The molecule has 0 aliphatic heterocycles. The van der Waals surface area contributed by atoms with E-state index >= 15 is 0 Å². The molecule has 2 rings (SSSR count). The van der Waals surface area contributed by atoms with Gasteiger partial charge in [0.25, 0.3) is 0 Å². The minimum atomic E-state index is -0.398. The molecule has 2 aromatic carbocycles. The normalized spacial score (nSPS) is 12.0. The van der Waals surface area contributed by atoms with Crippen molar-refractivity contribution in [1.82, 2.24) is 0 Å². The lowest BCUT2D eigenvalue weighted by Crippen LogP contribution is -2.20. The first-order chi connectivity index (χ1) is 9.63. The first-order valence-electron chi connectivity index (χ1n) is 6.19. The highest BCUT2D eigenvalue weighted by Gasteiger charge is 2.11. The van der Waals surface area contributed by atoms with Crippen molar-refractivity contribution in [3.05, 3.63) is 58.9 Å². The van der Waals surface area contributed by atoms with Crippen molar-refractivity contribution in [2.75, 3.05) is 19.0 Å². The SMILES string of the molecule is COc1cc(NC(CN)c2cccc(Cl)c2)ccc1F. The Kier molecular flexibility index (Phi) is 4.82. The van der Waals surface area contributed by atoms with E-state index in [2.05, 4.69) is 5.32 Å². The molecule has 0 heterocycles. The standard InChI is InChI=1S/C15H16ClFN2O/c1-20-15-8-12(5-6-13(15)17)19-14(9-18)10-3-2-4-11(16)7-10/h2-8,14,19H,9,18H2,1H3. The van der Waals surface area contributed by atoms with Crippen molar-refractivity contribution < 1.29 is 9.13 Å². The molecule has 0 spiro atoms. The van der Waals surface area contributed by atoms with Crippen molar-refractivity contribution in [3.8, 4) is 5.75 Å². The van der Waals surface area contributed by atoms with Crippen LogP contribution in [0.2, 0.25) is 5.02 Å². The Bertz CT molecular complexity index is 592. The van der Waals surface area contributed by atoms with E-state index < -0.39 is 5.82 Å². The van der Waals surface area contributed by atoms with Crippen LogP contribution in [-0.2, 0) is 0 Å². The number of methoxy groups -OCH3 is 1. The van der Waals surface area contributed by atoms with Crippen LogP contribution in [0.4, 0.5) is 10.1 Å². The fraction of sp³-hybridized carbons (Fsp3) is 0.200. The Hall–Kier alpha value is -1.78. The first kappa shape index (κ1) is 14.6. The molecule has 3 nitrogen and oxygen atoms in total. The van der Waals surface area contributed by atoms with Gasteiger partial charge in [0.15, 0.2) is 11.6 Å². The number of halogens is 2. The number of hydrogen-bond donors (Lipinski definition) is 2. The van der Waals surface area contributed by atoms with Gasteiger partial charge >= 0.3 is 0 Å². The molecule has 1 unspecified atom stereocenters. The van der Waals surface area contributed by atoms with Gasteiger partial charge in [-0.1, -0.05) is 23.7 Å². The van der Waals surface area contributed by atoms with Crippen LogP contribution in [-0.4, -0.2) is 13.7 Å². The number of rotatable bonds is 5. The second kappa shape index (κ2) is 6.59. The Morgan fingerprint density at radius 2 is 2.10 bits per heavy atom. The zero-order valence-electron chi connectivity index (χ0n) is 11.1. The second-order valence-electron chi connectivity index (χ2n) is 4.34. The fourth-order valence-electron chi connectivity index (χ4n) is 1.95. The molecule has 2 aromatic rings. The maximum absolute atomic E-state index is 13.4. The predicted molar refractivity (Wildman–Crippen MR) is 79.8 cm³/mol. The van der Waals surface area contributed by atoms with Crippen LogP contribution < -0.4 is 15.8 Å². The number of benzene rings is 2. The molecule has 3 N–H and O–H groups in total. The van der Waals surface area contributed by atoms with Crippen LogP contribution in [0.1, 0.15) is 11.6 Å². The molecule has 0 bridgehead atoms. The molecule has 1 atom stereocenters. The molecular formula is C15H16ClFN2O. The minimum absolute atomic E-state index is 0.108. The Morgan fingerprint density at radius 1 is 1.30 bits per heavy atom. The molecule has 5 heteroatoms. The molecule has 20 heavy (non-hydrogen) atoms. The Balaban J connectivity index is 2.22. The van der Waals surface area contributed by atoms with Crippen LogP contribution in [0.15, 0.2) is 42.5 Å². The zero-order chi connectivity index (χ0) is 14.5. The number of hydrogen-bond acceptors (Lipinski definition) is 3. The predicted octanol–water partition coefficient (Wildman–Crippen LogP) is 3.60. The van der Waals surface area contributed by atoms with E-state index in [4.69, 9.17) is 22.1 Å². The molecule has 0 aliphatic rings. The third kappa shape index (κ3) is 3.40. The summed E-state index contributed by atoms with van der Waals surface area (Å²) in [6.45, 7) is 0.389. The Labute approximate surface area is 122 Å². The second-order valence-corrected chi connectivity index (χ2v) is 4.77. The van der Waals surface area contributed by atoms with Crippen molar-refractivity contribution in [2.24, 2.45) is 5.73 Å². The number of ether oxygens (including phenoxy) is 1. The summed E-state index contributed by atoms with van der Waals surface area (Å²) in [6.07, 6.45) is 0. The maximum Gasteiger partial charge on any atom is 0.165 e. The number of nitrogens with one attached hydrogen (secondary N) is 1. The van der Waals surface area contributed by atoms with Crippen LogP contribution >= 0.6 is 11.6 Å². The lowest BCUT2D eigenvalue weighted by molar-refractivity contribution is 0.386. The highest BCUT2D eigenvalue weighted by Crippen LogP contribution is 2.25. The van der Waals surface area contributed by atoms with Gasteiger partial charge in [-0.05, 0) is 29.8 Å². The van der Waals surface area contributed by atoms with Gasteiger partial charge in [0, 0.05) is 23.3 Å². The first-order valence-corrected chi connectivity index (χ1v) is 6.57. The molecule has 0 fully saturated rings. The van der Waals surface area contributed by atoms with E-state index in [-0.39, 0.29) is 11.8 Å². The number of anilines is 1. The lowest BCUT2D eigenvalue weighted by Gasteiger charge is -2.19. The van der Waals surface area contributed by atoms with E-state index in [1.54, 1.807) is 18.2 Å². The summed E-state index contributed by atoms with van der Waals surface area (Å²) in [5.41, 5.74) is 7.50. The van der Waals surface area contributed by atoms with Gasteiger partial charge in [-0.3, -0.25) is 0 Å². The molecule has 0 saturated heterocycles. The minimum Gasteiger partial charge on any atom is -0.494 e. The molecule has 0 aromatic heterocycles. The smallest absolute Gasteiger partial charge is 0.165 e. The van der Waals surface area contributed by atoms with E-state index in [1.807, 2.05) is 18.2 Å². The van der Waals surface area contributed by atoms with Crippen LogP contribution in [0.3, 0.4) is 0 Å². The van der Waals surface area contributed by atoms with Gasteiger partial charge in [-0.25, -0.2) is 4.39 Å². The van der Waals surface area contributed by atoms with Crippen molar-refractivity contribution in [3.63, 3.8) is 0 Å². The average Bonchev–Trinajstić information content (AvgIpc) is 2.46. The van der Waals surface area contributed by atoms with E-state index in [9.17, 15) is 4.39 Å². The summed E-state index contributed by atoms with van der Waals surface area (Å²) >= 11 is 5.98. The summed E-state index contributed by atoms with van der Waals surface area (Å²) < 4.78 is 18.3. The zero-order valence-corrected chi connectivity index (χ0v) is 11.8. The summed E-state index contributed by atoms with van der Waals surface area (Å²) in [4.78, 5) is 0. The fourth-order valence-corrected chi connectivity index (χ4v) is 2.15. The van der Waals surface area contributed by atoms with Gasteiger partial charge in [-0.2, -0.15) is 0 Å². The third-order valence-electron chi connectivity index (χ3n) is 2.98. The molecule has 0 radical (unpaired) electrons. The molecule has 0 aliphatic carbocycles. The highest BCUT2D eigenvalue weighted by atomic mass is 35.5. The van der Waals surface area contributed by atoms with Gasteiger partial charge in [0.2, 0.25) is 0 Å². The third-order valence-corrected chi connectivity index (χ3v) is 3.21. The molecule has 0 saturated carbocycles. The van der Waals surface area contributed by atoms with Crippen molar-refractivity contribution in [1.29, 1.82) is 0 Å². The summed E-state index contributed by atoms with van der Waals surface area (Å²) in [7, 11) is 1.43. The number of nitrogens with two attached hydrogens (primary N) is 1. The molecule has 0 amide bonds. The van der Waals surface area contributed by atoms with Crippen LogP contribution in [0, 0.1) is 5.82 Å². The average molecular weight is 295 g/mol. The van der Waals surface area contributed by atoms with Gasteiger partial charge in [0.1, 0.15) is 0 Å². The van der Waals surface area contributed by atoms with Gasteiger partial charge < -0.3 is 15.8 Å². The summed E-state index contributed by atoms with van der Waals surface area (Å²) in [5, 5.41) is 3.90. The Morgan fingerprint density at radius 3 is 2.75 bits per heavy atom. The monoisotopic (exact) mass is 294 g/mol. The topological polar surface area (TPSA) is 47.3 Å². The molecular weight excluding hydrogens is 279 g/mol. The van der Waals surface area contributed by atoms with Crippen LogP contribution in [0.25, 0.3) is 0 Å². The van der Waals surface area contributed by atoms with Crippen LogP contribution in [0.5, 0.6) is 5.75 Å². The summed E-state index contributed by atoms with van der Waals surface area (Å²) in [5.74, 6) is -0.207. The van der Waals surface area contributed by atoms with E-state index in [0.717, 1.165) is 11.3 Å². The van der Waals surface area contributed by atoms with Gasteiger partial charge in [-0.15, -0.1) is 0 Å². The largest absolute Gasteiger partial charge is 0.494 e. The maximum atomic E-state index is 13.4. The van der Waals surface area contributed by atoms with Gasteiger partial charge in [0.05, 0.1) is 13.2 Å². The quantitative estimate of drug-likeness (QED) is 0.886. The van der Waals surface area contributed by atoms with Crippen molar-refractivity contribution in [2.45, 2.75) is 6.04 Å². The molecule has 106 valence electrons. The van der Waals surface area contributed by atoms with E-state index in [1.165, 1.54) is 13.2 Å². The lowest BCUT2D eigenvalue weighted by atomic mass is 10.1. The van der Waals surface area contributed by atoms with Crippen molar-refractivity contribution >= 4 is 17.3 Å². The highest BCUT2D eigenvalue weighted by molar-refractivity contribution is 6.30. The summed E-state index contributed by atoms with van der Waals surface area (Å²) in [6, 6.07) is 12.0.